The molecule has 0 saturated heterocycles. The van der Waals surface area contributed by atoms with Crippen LogP contribution in [0.25, 0.3) is 11.4 Å². The molecule has 0 atom stereocenters. The quantitative estimate of drug-likeness (QED) is 0.323. The summed E-state index contributed by atoms with van der Waals surface area (Å²) in [5.41, 5.74) is 21.6. The van der Waals surface area contributed by atoms with Gasteiger partial charge >= 0.3 is 0 Å². The number of nitrogens with one attached hydrogen (secondary N) is 1. The zero-order valence-corrected chi connectivity index (χ0v) is 17.9. The van der Waals surface area contributed by atoms with Crippen LogP contribution < -0.4 is 16.8 Å². The molecule has 0 bridgehead atoms. The van der Waals surface area contributed by atoms with Gasteiger partial charge in [0.25, 0.3) is 0 Å². The Morgan fingerprint density at radius 2 is 2.00 bits per heavy atom. The van der Waals surface area contributed by atoms with Crippen LogP contribution in [0.2, 0.25) is 0 Å². The van der Waals surface area contributed by atoms with Crippen LogP contribution in [0.4, 0.5) is 5.69 Å². The Hall–Kier alpha value is -3.30. The molecule has 1 aromatic heterocycles. The highest BCUT2D eigenvalue weighted by molar-refractivity contribution is 6.04. The van der Waals surface area contributed by atoms with Crippen molar-refractivity contribution in [2.75, 3.05) is 0 Å². The third-order valence-corrected chi connectivity index (χ3v) is 5.21. The topological polar surface area (TPSA) is 89.3 Å². The van der Waals surface area contributed by atoms with Crippen LogP contribution in [-0.4, -0.2) is 16.9 Å². The SMILES string of the molecule is C=C=C(NC1CC1)c1ncc(C(N)=C(C)C(N)=Nc2ccccc2)cc1CCCC. The molecule has 0 unspecified atom stereocenters. The summed E-state index contributed by atoms with van der Waals surface area (Å²) in [6.07, 6.45) is 7.26. The molecule has 1 aliphatic carbocycles. The van der Waals surface area contributed by atoms with Gasteiger partial charge in [-0.3, -0.25) is 4.98 Å². The van der Waals surface area contributed by atoms with E-state index in [0.29, 0.717) is 17.6 Å². The molecule has 156 valence electrons. The van der Waals surface area contributed by atoms with E-state index in [-0.39, 0.29) is 0 Å². The first kappa shape index (κ1) is 21.4. The van der Waals surface area contributed by atoms with Gasteiger partial charge in [0.15, 0.2) is 0 Å². The maximum absolute atomic E-state index is 6.47. The van der Waals surface area contributed by atoms with Crippen LogP contribution in [0, 0.1) is 0 Å². The molecule has 2 aromatic rings. The zero-order chi connectivity index (χ0) is 21.5. The number of amidine groups is 1. The van der Waals surface area contributed by atoms with Crippen LogP contribution in [0.1, 0.15) is 56.4 Å². The lowest BCUT2D eigenvalue weighted by atomic mass is 10.00. The van der Waals surface area contributed by atoms with Gasteiger partial charge in [0, 0.05) is 29.1 Å². The molecular formula is C25H31N5. The Morgan fingerprint density at radius 3 is 2.63 bits per heavy atom. The summed E-state index contributed by atoms with van der Waals surface area (Å²) < 4.78 is 0. The molecule has 1 fully saturated rings. The summed E-state index contributed by atoms with van der Waals surface area (Å²) in [5.74, 6) is 0.403. The summed E-state index contributed by atoms with van der Waals surface area (Å²) in [6, 6.07) is 12.2. The monoisotopic (exact) mass is 401 g/mol. The molecular weight excluding hydrogens is 370 g/mol. The highest BCUT2D eigenvalue weighted by Gasteiger charge is 2.23. The number of aromatic nitrogens is 1. The van der Waals surface area contributed by atoms with E-state index in [1.165, 1.54) is 12.8 Å². The van der Waals surface area contributed by atoms with Gasteiger partial charge in [0.1, 0.15) is 11.5 Å². The van der Waals surface area contributed by atoms with Gasteiger partial charge in [-0.1, -0.05) is 38.1 Å². The van der Waals surface area contributed by atoms with Crippen LogP contribution in [0.5, 0.6) is 0 Å². The van der Waals surface area contributed by atoms with Gasteiger partial charge in [-0.25, -0.2) is 4.99 Å². The van der Waals surface area contributed by atoms with Gasteiger partial charge in [-0.05, 0) is 56.4 Å². The van der Waals surface area contributed by atoms with Crippen molar-refractivity contribution in [2.45, 2.75) is 52.0 Å². The Kier molecular flexibility index (Phi) is 7.10. The molecule has 5 nitrogen and oxygen atoms in total. The van der Waals surface area contributed by atoms with Crippen molar-refractivity contribution in [3.8, 4) is 0 Å². The molecule has 0 radical (unpaired) electrons. The number of para-hydroxylation sites is 1. The number of benzene rings is 1. The molecule has 0 amide bonds. The molecule has 1 aromatic carbocycles. The Balaban J connectivity index is 1.95. The highest BCUT2D eigenvalue weighted by Crippen LogP contribution is 2.26. The van der Waals surface area contributed by atoms with Crippen molar-refractivity contribution in [1.82, 2.24) is 10.3 Å². The van der Waals surface area contributed by atoms with E-state index in [2.05, 4.69) is 35.6 Å². The first-order valence-corrected chi connectivity index (χ1v) is 10.6. The number of rotatable bonds is 9. The van der Waals surface area contributed by atoms with Crippen molar-refractivity contribution in [2.24, 2.45) is 16.5 Å². The van der Waals surface area contributed by atoms with Crippen LogP contribution in [0.15, 0.2) is 65.5 Å². The van der Waals surface area contributed by atoms with E-state index in [1.54, 1.807) is 6.20 Å². The second-order valence-corrected chi connectivity index (χ2v) is 7.68. The normalized spacial score (nSPS) is 14.7. The van der Waals surface area contributed by atoms with Crippen LogP contribution in [-0.2, 0) is 6.42 Å². The summed E-state index contributed by atoms with van der Waals surface area (Å²) in [5, 5.41) is 3.49. The van der Waals surface area contributed by atoms with Crippen molar-refractivity contribution < 1.29 is 0 Å². The minimum Gasteiger partial charge on any atom is -0.398 e. The zero-order valence-electron chi connectivity index (χ0n) is 17.9. The van der Waals surface area contributed by atoms with Gasteiger partial charge in [0.05, 0.1) is 11.4 Å². The van der Waals surface area contributed by atoms with Crippen LogP contribution in [0.3, 0.4) is 0 Å². The minimum absolute atomic E-state index is 0.403. The van der Waals surface area contributed by atoms with E-state index >= 15 is 0 Å². The first-order valence-electron chi connectivity index (χ1n) is 10.6. The number of nitrogens with zero attached hydrogens (tertiary/aromatic N) is 2. The van der Waals surface area contributed by atoms with E-state index in [0.717, 1.165) is 53.0 Å². The van der Waals surface area contributed by atoms with Crippen molar-refractivity contribution in [3.05, 3.63) is 77.3 Å². The van der Waals surface area contributed by atoms with Gasteiger partial charge in [-0.15, -0.1) is 5.73 Å². The summed E-state index contributed by atoms with van der Waals surface area (Å²) in [4.78, 5) is 9.21. The Labute approximate surface area is 179 Å². The molecule has 5 heteroatoms. The largest absolute Gasteiger partial charge is 0.398 e. The van der Waals surface area contributed by atoms with Crippen molar-refractivity contribution >= 4 is 22.9 Å². The number of hydrogen-bond acceptors (Lipinski definition) is 4. The maximum Gasteiger partial charge on any atom is 0.129 e. The van der Waals surface area contributed by atoms with E-state index < -0.39 is 0 Å². The lowest BCUT2D eigenvalue weighted by molar-refractivity contribution is 0.785. The highest BCUT2D eigenvalue weighted by atomic mass is 15.0. The second-order valence-electron chi connectivity index (χ2n) is 7.68. The number of nitrogens with two attached hydrogens (primary N) is 2. The van der Waals surface area contributed by atoms with Gasteiger partial charge in [0.2, 0.25) is 0 Å². The fourth-order valence-corrected chi connectivity index (χ4v) is 3.16. The standard InChI is InChI=1S/C25H31N5/c1-4-6-10-18-15-19(16-28-24(18)22(5-2)29-21-13-14-21)23(26)17(3)25(27)30-20-11-8-7-9-12-20/h7-9,11-12,15-16,21,29H,2,4,6,10,13-14,26H2,1,3H3,(H2,27,30). The molecule has 5 N–H and O–H groups in total. The first-order chi connectivity index (χ1) is 14.5. The average Bonchev–Trinajstić information content (AvgIpc) is 3.59. The minimum atomic E-state index is 0.403. The third-order valence-electron chi connectivity index (χ3n) is 5.21. The number of pyridine rings is 1. The predicted molar refractivity (Wildman–Crippen MR) is 126 cm³/mol. The molecule has 1 aliphatic rings. The Morgan fingerprint density at radius 1 is 1.27 bits per heavy atom. The van der Waals surface area contributed by atoms with Gasteiger partial charge in [-0.2, -0.15) is 0 Å². The third kappa shape index (κ3) is 5.40. The Bertz CT molecular complexity index is 993. The molecule has 0 aliphatic heterocycles. The average molecular weight is 402 g/mol. The van der Waals surface area contributed by atoms with Crippen molar-refractivity contribution in [3.63, 3.8) is 0 Å². The molecule has 1 heterocycles. The molecule has 1 saturated carbocycles. The van der Waals surface area contributed by atoms with Crippen LogP contribution >= 0.6 is 0 Å². The predicted octanol–water partition coefficient (Wildman–Crippen LogP) is 4.68. The fraction of sp³-hybridized carbons (Fsp3) is 0.320. The lowest BCUT2D eigenvalue weighted by Crippen LogP contribution is -2.18. The molecule has 30 heavy (non-hydrogen) atoms. The van der Waals surface area contributed by atoms with E-state index in [9.17, 15) is 0 Å². The maximum atomic E-state index is 6.47. The summed E-state index contributed by atoms with van der Waals surface area (Å²) in [6.45, 7) is 7.93. The van der Waals surface area contributed by atoms with Crippen molar-refractivity contribution in [1.29, 1.82) is 0 Å². The molecule has 0 spiro atoms. The van der Waals surface area contributed by atoms with E-state index in [4.69, 9.17) is 16.5 Å². The smallest absolute Gasteiger partial charge is 0.129 e. The lowest BCUT2D eigenvalue weighted by Gasteiger charge is -2.15. The number of aryl methyl sites for hydroxylation is 1. The van der Waals surface area contributed by atoms with Gasteiger partial charge < -0.3 is 16.8 Å². The number of hydrogen-bond donors (Lipinski definition) is 3. The summed E-state index contributed by atoms with van der Waals surface area (Å²) in [7, 11) is 0. The summed E-state index contributed by atoms with van der Waals surface area (Å²) >= 11 is 0. The molecule has 3 rings (SSSR count). The van der Waals surface area contributed by atoms with E-state index in [1.807, 2.05) is 37.3 Å². The fourth-order valence-electron chi connectivity index (χ4n) is 3.16. The second kappa shape index (κ2) is 9.95. The number of unbranched alkanes of at least 4 members (excludes halogenated alkanes) is 1. The number of aliphatic imine (C=N–C) groups is 1.